The van der Waals surface area contributed by atoms with Crippen LogP contribution in [-0.2, 0) is 11.2 Å². The van der Waals surface area contributed by atoms with Gasteiger partial charge in [-0.2, -0.15) is 0 Å². The Morgan fingerprint density at radius 3 is 2.79 bits per heavy atom. The van der Waals surface area contributed by atoms with E-state index in [1.165, 1.54) is 7.11 Å². The summed E-state index contributed by atoms with van der Waals surface area (Å²) in [7, 11) is 1.32. The minimum atomic E-state index is -0.451. The van der Waals surface area contributed by atoms with Gasteiger partial charge >= 0.3 is 12.0 Å². The monoisotopic (exact) mass is 454 g/mol. The fraction of sp³-hybridized carbons (Fsp3) is 0.190. The maximum Gasteiger partial charge on any atom is 0.337 e. The van der Waals surface area contributed by atoms with Gasteiger partial charge in [0.15, 0.2) is 0 Å². The summed E-state index contributed by atoms with van der Waals surface area (Å²) in [6.07, 6.45) is 2.36. The topological polar surface area (TPSA) is 87.3 Å². The van der Waals surface area contributed by atoms with Crippen LogP contribution in [0.2, 0.25) is 0 Å². The molecule has 2 amide bonds. The van der Waals surface area contributed by atoms with Gasteiger partial charge in [-0.15, -0.1) is 0 Å². The third-order valence-corrected chi connectivity index (χ3v) is 5.44. The molecule has 1 unspecified atom stereocenters. The summed E-state index contributed by atoms with van der Waals surface area (Å²) in [4.78, 5) is 34.3. The second kappa shape index (κ2) is 8.08. The molecule has 0 saturated carbocycles. The number of amides is 2. The summed E-state index contributed by atoms with van der Waals surface area (Å²) in [6.45, 7) is 0.540. The van der Waals surface area contributed by atoms with E-state index in [4.69, 9.17) is 4.74 Å². The first kappa shape index (κ1) is 19.2. The highest BCUT2D eigenvalue weighted by Crippen LogP contribution is 2.34. The molecule has 0 aliphatic carbocycles. The number of ether oxygens (including phenoxy) is 1. The number of aromatic nitrogens is 2. The van der Waals surface area contributed by atoms with Gasteiger partial charge in [0.05, 0.1) is 24.7 Å². The maximum absolute atomic E-state index is 13.2. The minimum Gasteiger partial charge on any atom is -0.465 e. The number of nitrogens with one attached hydrogen (secondary N) is 2. The molecular weight excluding hydrogens is 436 g/mol. The van der Waals surface area contributed by atoms with E-state index in [1.807, 2.05) is 24.3 Å². The van der Waals surface area contributed by atoms with E-state index in [0.29, 0.717) is 24.2 Å². The molecule has 7 nitrogen and oxygen atoms in total. The number of carbonyl (C=O) groups is 2. The third-order valence-electron chi connectivity index (χ3n) is 4.91. The first-order chi connectivity index (χ1) is 14.1. The Balaban J connectivity index is 1.63. The molecule has 0 saturated heterocycles. The number of H-pyrrole nitrogens is 1. The second-order valence-electron chi connectivity index (χ2n) is 6.67. The van der Waals surface area contributed by atoms with Crippen LogP contribution < -0.4 is 5.32 Å². The van der Waals surface area contributed by atoms with Gasteiger partial charge in [-0.1, -0.05) is 34.1 Å². The van der Waals surface area contributed by atoms with Gasteiger partial charge in [-0.05, 0) is 35.9 Å². The van der Waals surface area contributed by atoms with Crippen LogP contribution in [0.4, 0.5) is 10.5 Å². The first-order valence-electron chi connectivity index (χ1n) is 9.10. The zero-order chi connectivity index (χ0) is 20.4. The lowest BCUT2D eigenvalue weighted by molar-refractivity contribution is 0.0600. The number of rotatable bonds is 3. The van der Waals surface area contributed by atoms with Crippen molar-refractivity contribution in [1.82, 2.24) is 14.9 Å². The van der Waals surface area contributed by atoms with E-state index in [1.54, 1.807) is 35.5 Å². The molecule has 3 aromatic rings. The van der Waals surface area contributed by atoms with Crippen molar-refractivity contribution >= 4 is 33.6 Å². The number of carbonyl (C=O) groups excluding carboxylic acids is 2. The lowest BCUT2D eigenvalue weighted by Crippen LogP contribution is -2.43. The van der Waals surface area contributed by atoms with E-state index in [9.17, 15) is 9.59 Å². The number of fused-ring (bicyclic) bond motifs is 1. The summed E-state index contributed by atoms with van der Waals surface area (Å²) < 4.78 is 5.72. The predicted molar refractivity (Wildman–Crippen MR) is 112 cm³/mol. The smallest absolute Gasteiger partial charge is 0.337 e. The molecule has 1 atom stereocenters. The fourth-order valence-electron chi connectivity index (χ4n) is 3.52. The predicted octanol–water partition coefficient (Wildman–Crippen LogP) is 4.14. The van der Waals surface area contributed by atoms with Crippen LogP contribution in [0, 0.1) is 0 Å². The van der Waals surface area contributed by atoms with E-state index in [-0.39, 0.29) is 12.1 Å². The number of halogens is 1. The molecule has 0 spiro atoms. The van der Waals surface area contributed by atoms with Crippen molar-refractivity contribution in [3.8, 4) is 0 Å². The second-order valence-corrected chi connectivity index (χ2v) is 7.58. The fourth-order valence-corrected chi connectivity index (χ4v) is 3.78. The molecule has 0 fully saturated rings. The molecule has 0 bridgehead atoms. The number of urea groups is 1. The largest absolute Gasteiger partial charge is 0.465 e. The average molecular weight is 455 g/mol. The molecule has 4 rings (SSSR count). The van der Waals surface area contributed by atoms with Crippen molar-refractivity contribution in [2.45, 2.75) is 12.5 Å². The first-order valence-corrected chi connectivity index (χ1v) is 9.89. The molecule has 2 N–H and O–H groups in total. The van der Waals surface area contributed by atoms with Crippen molar-refractivity contribution in [1.29, 1.82) is 0 Å². The molecule has 8 heteroatoms. The van der Waals surface area contributed by atoms with Gasteiger partial charge in [0.2, 0.25) is 0 Å². The van der Waals surface area contributed by atoms with E-state index >= 15 is 0 Å². The number of aromatic amines is 1. The number of hydrogen-bond acceptors (Lipinski definition) is 4. The maximum atomic E-state index is 13.2. The summed E-state index contributed by atoms with van der Waals surface area (Å²) in [5.74, 6) is -0.451. The number of methoxy groups -OCH3 is 1. The zero-order valence-corrected chi connectivity index (χ0v) is 17.3. The highest BCUT2D eigenvalue weighted by Gasteiger charge is 2.34. The van der Waals surface area contributed by atoms with Gasteiger partial charge in [0.25, 0.3) is 0 Å². The summed E-state index contributed by atoms with van der Waals surface area (Å²) in [5.41, 5.74) is 3.76. The number of nitrogens with zero attached hydrogens (tertiary/aromatic N) is 2. The molecule has 0 radical (unpaired) electrons. The zero-order valence-electron chi connectivity index (χ0n) is 15.7. The Hall–Kier alpha value is -3.13. The third kappa shape index (κ3) is 3.88. The lowest BCUT2D eigenvalue weighted by Gasteiger charge is -2.35. The molecule has 1 aliphatic heterocycles. The van der Waals surface area contributed by atoms with Gasteiger partial charge in [0.1, 0.15) is 6.04 Å². The van der Waals surface area contributed by atoms with E-state index in [2.05, 4.69) is 31.2 Å². The van der Waals surface area contributed by atoms with Gasteiger partial charge in [0, 0.05) is 28.8 Å². The quantitative estimate of drug-likeness (QED) is 0.582. The average Bonchev–Trinajstić information content (AvgIpc) is 3.22. The molecule has 2 heterocycles. The number of esters is 1. The van der Waals surface area contributed by atoms with Crippen LogP contribution in [-0.4, -0.2) is 40.5 Å². The SMILES string of the molecule is COC(=O)c1cccc(NC(=O)N2CCc3[nH]cnc3C2c2ccc(Br)cc2)c1. The van der Waals surface area contributed by atoms with E-state index < -0.39 is 5.97 Å². The van der Waals surface area contributed by atoms with Gasteiger partial charge in [-0.25, -0.2) is 14.6 Å². The van der Waals surface area contributed by atoms with Gasteiger partial charge < -0.3 is 19.9 Å². The summed E-state index contributed by atoms with van der Waals surface area (Å²) in [5, 5.41) is 2.90. The van der Waals surface area contributed by atoms with Crippen LogP contribution in [0.5, 0.6) is 0 Å². The van der Waals surface area contributed by atoms with Crippen LogP contribution in [0.1, 0.15) is 33.4 Å². The Morgan fingerprint density at radius 1 is 1.24 bits per heavy atom. The Kier molecular flexibility index (Phi) is 5.35. The summed E-state index contributed by atoms with van der Waals surface area (Å²) >= 11 is 3.45. The Bertz CT molecular complexity index is 1050. The molecule has 1 aliphatic rings. The highest BCUT2D eigenvalue weighted by molar-refractivity contribution is 9.10. The van der Waals surface area contributed by atoms with Gasteiger partial charge in [-0.3, -0.25) is 0 Å². The highest BCUT2D eigenvalue weighted by atomic mass is 79.9. The number of hydrogen-bond donors (Lipinski definition) is 2. The molecule has 29 heavy (non-hydrogen) atoms. The number of anilines is 1. The van der Waals surface area contributed by atoms with Crippen LogP contribution >= 0.6 is 15.9 Å². The van der Waals surface area contributed by atoms with Crippen molar-refractivity contribution in [3.63, 3.8) is 0 Å². The summed E-state index contributed by atoms with van der Waals surface area (Å²) in [6, 6.07) is 14.0. The molecule has 2 aromatic carbocycles. The van der Waals surface area contributed by atoms with Crippen molar-refractivity contribution < 1.29 is 14.3 Å². The van der Waals surface area contributed by atoms with Crippen LogP contribution in [0.3, 0.4) is 0 Å². The van der Waals surface area contributed by atoms with Crippen LogP contribution in [0.15, 0.2) is 59.3 Å². The Morgan fingerprint density at radius 2 is 2.03 bits per heavy atom. The van der Waals surface area contributed by atoms with E-state index in [0.717, 1.165) is 21.4 Å². The van der Waals surface area contributed by atoms with Crippen molar-refractivity contribution in [2.24, 2.45) is 0 Å². The molecule has 148 valence electrons. The molecule has 1 aromatic heterocycles. The molecular formula is C21H19BrN4O3. The van der Waals surface area contributed by atoms with Crippen molar-refractivity contribution in [2.75, 3.05) is 19.0 Å². The standard InChI is InChI=1S/C21H19BrN4O3/c1-29-20(27)14-3-2-4-16(11-14)25-21(28)26-10-9-17-18(24-12-23-17)19(26)13-5-7-15(22)8-6-13/h2-8,11-12,19H,9-10H2,1H3,(H,23,24)(H,25,28). The lowest BCUT2D eigenvalue weighted by atomic mass is 9.96. The van der Waals surface area contributed by atoms with Crippen LogP contribution in [0.25, 0.3) is 0 Å². The number of benzene rings is 2. The Labute approximate surface area is 176 Å². The minimum absolute atomic E-state index is 0.256. The normalized spacial score (nSPS) is 15.5. The van der Waals surface area contributed by atoms with Crippen molar-refractivity contribution in [3.05, 3.63) is 81.8 Å². The number of imidazole rings is 1.